The number of halogens is 1. The van der Waals surface area contributed by atoms with Gasteiger partial charge in [-0.05, 0) is 23.8 Å². The van der Waals surface area contributed by atoms with Gasteiger partial charge >= 0.3 is 0 Å². The van der Waals surface area contributed by atoms with Crippen LogP contribution in [0, 0.1) is 0 Å². The van der Waals surface area contributed by atoms with E-state index in [0.717, 1.165) is 0 Å². The van der Waals surface area contributed by atoms with Crippen molar-refractivity contribution in [3.8, 4) is 17.2 Å². The molecule has 7 nitrogen and oxygen atoms in total. The van der Waals surface area contributed by atoms with E-state index >= 15 is 0 Å². The van der Waals surface area contributed by atoms with Crippen molar-refractivity contribution in [1.29, 1.82) is 0 Å². The summed E-state index contributed by atoms with van der Waals surface area (Å²) in [5.74, 6) is 0.924. The smallest absolute Gasteiger partial charge is 0.255 e. The number of aliphatic hydroxyl groups is 1. The van der Waals surface area contributed by atoms with E-state index < -0.39 is 12.0 Å². The lowest BCUT2D eigenvalue weighted by Crippen LogP contribution is -2.28. The van der Waals surface area contributed by atoms with Crippen molar-refractivity contribution < 1.29 is 24.1 Å². The molecule has 1 atom stereocenters. The Balaban J connectivity index is 2.13. The van der Waals surface area contributed by atoms with Gasteiger partial charge < -0.3 is 30.4 Å². The van der Waals surface area contributed by atoms with Crippen LogP contribution in [0.3, 0.4) is 0 Å². The van der Waals surface area contributed by atoms with Crippen LogP contribution >= 0.6 is 11.6 Å². The van der Waals surface area contributed by atoms with Crippen LogP contribution in [-0.4, -0.2) is 38.9 Å². The number of aliphatic hydroxyl groups excluding tert-OH is 1. The van der Waals surface area contributed by atoms with Crippen molar-refractivity contribution in [3.05, 3.63) is 46.5 Å². The minimum Gasteiger partial charge on any atom is -0.497 e. The first-order valence-electron chi connectivity index (χ1n) is 7.71. The number of nitrogens with two attached hydrogens (primary N) is 1. The molecule has 0 radical (unpaired) electrons. The highest BCUT2D eigenvalue weighted by Crippen LogP contribution is 2.29. The molecule has 1 unspecified atom stereocenters. The molecule has 4 N–H and O–H groups in total. The molecule has 0 heterocycles. The number of carbonyl (C=O) groups excluding carboxylic acids is 1. The summed E-state index contributed by atoms with van der Waals surface area (Å²) in [5.41, 5.74) is 6.79. The first-order valence-corrected chi connectivity index (χ1v) is 8.09. The minimum atomic E-state index is -0.960. The average molecular weight is 381 g/mol. The van der Waals surface area contributed by atoms with Crippen molar-refractivity contribution in [2.75, 3.05) is 33.6 Å². The number of hydrogen-bond acceptors (Lipinski definition) is 6. The van der Waals surface area contributed by atoms with Crippen molar-refractivity contribution in [2.24, 2.45) is 0 Å². The molecule has 0 aliphatic rings. The first-order chi connectivity index (χ1) is 12.4. The Morgan fingerprint density at radius 1 is 1.12 bits per heavy atom. The number of anilines is 1. The Hall–Kier alpha value is -2.64. The van der Waals surface area contributed by atoms with Gasteiger partial charge in [0.25, 0.3) is 5.91 Å². The van der Waals surface area contributed by atoms with Crippen LogP contribution in [0.4, 0.5) is 5.69 Å². The summed E-state index contributed by atoms with van der Waals surface area (Å²) >= 11 is 5.97. The highest BCUT2D eigenvalue weighted by molar-refractivity contribution is 6.33. The zero-order valence-corrected chi connectivity index (χ0v) is 15.5. The lowest BCUT2D eigenvalue weighted by atomic mass is 10.1. The Morgan fingerprint density at radius 2 is 1.73 bits per heavy atom. The van der Waals surface area contributed by atoms with E-state index in [1.54, 1.807) is 18.2 Å². The van der Waals surface area contributed by atoms with Crippen LogP contribution in [0.15, 0.2) is 30.3 Å². The van der Waals surface area contributed by atoms with E-state index in [-0.39, 0.29) is 17.1 Å². The van der Waals surface area contributed by atoms with Crippen LogP contribution in [0.5, 0.6) is 17.2 Å². The third kappa shape index (κ3) is 4.50. The average Bonchev–Trinajstić information content (AvgIpc) is 2.66. The van der Waals surface area contributed by atoms with Gasteiger partial charge in [0.05, 0.1) is 43.7 Å². The predicted octanol–water partition coefficient (Wildman–Crippen LogP) is 2.41. The normalized spacial score (nSPS) is 11.6. The summed E-state index contributed by atoms with van der Waals surface area (Å²) in [4.78, 5) is 12.4. The lowest BCUT2D eigenvalue weighted by Gasteiger charge is -2.16. The largest absolute Gasteiger partial charge is 0.497 e. The maximum absolute atomic E-state index is 12.4. The number of hydrogen-bond donors (Lipinski definition) is 3. The van der Waals surface area contributed by atoms with Crippen LogP contribution in [0.25, 0.3) is 0 Å². The molecule has 0 saturated heterocycles. The van der Waals surface area contributed by atoms with Crippen molar-refractivity contribution >= 4 is 23.2 Å². The molecule has 26 heavy (non-hydrogen) atoms. The molecule has 0 aliphatic heterocycles. The molecule has 1 amide bonds. The summed E-state index contributed by atoms with van der Waals surface area (Å²) in [6.07, 6.45) is -0.960. The number of amides is 1. The molecule has 0 aliphatic carbocycles. The molecular formula is C18H21ClN2O5. The second-order valence-corrected chi connectivity index (χ2v) is 5.85. The van der Waals surface area contributed by atoms with Gasteiger partial charge in [-0.2, -0.15) is 0 Å². The monoisotopic (exact) mass is 380 g/mol. The molecule has 8 heteroatoms. The number of nitrogens with one attached hydrogen (secondary N) is 1. The number of benzene rings is 2. The van der Waals surface area contributed by atoms with Crippen molar-refractivity contribution in [1.82, 2.24) is 5.32 Å². The van der Waals surface area contributed by atoms with Gasteiger partial charge in [0.2, 0.25) is 0 Å². The van der Waals surface area contributed by atoms with E-state index in [9.17, 15) is 9.90 Å². The molecule has 0 aromatic heterocycles. The Labute approximate surface area is 156 Å². The molecule has 0 fully saturated rings. The van der Waals surface area contributed by atoms with Gasteiger partial charge in [-0.15, -0.1) is 0 Å². The molecule has 2 aromatic carbocycles. The van der Waals surface area contributed by atoms with Crippen LogP contribution in [0.2, 0.25) is 5.02 Å². The fourth-order valence-corrected chi connectivity index (χ4v) is 2.50. The molecule has 140 valence electrons. The number of nitrogen functional groups attached to an aromatic ring is 1. The van der Waals surface area contributed by atoms with Gasteiger partial charge in [-0.1, -0.05) is 11.6 Å². The van der Waals surface area contributed by atoms with Crippen molar-refractivity contribution in [3.63, 3.8) is 0 Å². The second kappa shape index (κ2) is 8.64. The first kappa shape index (κ1) is 19.7. The van der Waals surface area contributed by atoms with E-state index in [1.807, 2.05) is 0 Å². The molecule has 2 aromatic rings. The standard InChI is InChI=1S/C18H21ClN2O5/c1-24-11-4-10(5-12(6-11)25-2)16(22)9-21-18(23)13-7-14(19)15(20)8-17(13)26-3/h4-8,16,22H,9,20H2,1-3H3,(H,21,23). The van der Waals surface area contributed by atoms with Crippen LogP contribution < -0.4 is 25.3 Å². The molecular weight excluding hydrogens is 360 g/mol. The van der Waals surface area contributed by atoms with Gasteiger partial charge in [-0.3, -0.25) is 4.79 Å². The van der Waals surface area contributed by atoms with E-state index in [2.05, 4.69) is 5.32 Å². The summed E-state index contributed by atoms with van der Waals surface area (Å²) in [7, 11) is 4.46. The zero-order valence-electron chi connectivity index (χ0n) is 14.7. The SMILES string of the molecule is COc1cc(OC)cc(C(O)CNC(=O)c2cc(Cl)c(N)cc2OC)c1. The van der Waals surface area contributed by atoms with E-state index in [4.69, 9.17) is 31.5 Å². The Morgan fingerprint density at radius 3 is 2.27 bits per heavy atom. The van der Waals surface area contributed by atoms with Gasteiger partial charge in [0.1, 0.15) is 17.2 Å². The van der Waals surface area contributed by atoms with Gasteiger partial charge in [-0.25, -0.2) is 0 Å². The van der Waals surface area contributed by atoms with Crippen LogP contribution in [0.1, 0.15) is 22.0 Å². The van der Waals surface area contributed by atoms with Gasteiger partial charge in [0.15, 0.2) is 0 Å². The van der Waals surface area contributed by atoms with Crippen LogP contribution in [-0.2, 0) is 0 Å². The summed E-state index contributed by atoms with van der Waals surface area (Å²) in [6, 6.07) is 7.92. The van der Waals surface area contributed by atoms with E-state index in [1.165, 1.54) is 33.5 Å². The fourth-order valence-electron chi connectivity index (χ4n) is 2.34. The quantitative estimate of drug-likeness (QED) is 0.637. The maximum Gasteiger partial charge on any atom is 0.255 e. The summed E-state index contributed by atoms with van der Waals surface area (Å²) < 4.78 is 15.5. The predicted molar refractivity (Wildman–Crippen MR) is 99.3 cm³/mol. The summed E-state index contributed by atoms with van der Waals surface area (Å²) in [6.45, 7) is -0.0275. The molecule has 0 saturated carbocycles. The molecule has 0 bridgehead atoms. The highest BCUT2D eigenvalue weighted by atomic mass is 35.5. The lowest BCUT2D eigenvalue weighted by molar-refractivity contribution is 0.0913. The molecule has 0 spiro atoms. The minimum absolute atomic E-state index is 0.0275. The van der Waals surface area contributed by atoms with Gasteiger partial charge in [0, 0.05) is 18.7 Å². The third-order valence-corrected chi connectivity index (χ3v) is 4.11. The number of methoxy groups -OCH3 is 3. The second-order valence-electron chi connectivity index (χ2n) is 5.45. The summed E-state index contributed by atoms with van der Waals surface area (Å²) in [5, 5.41) is 13.3. The van der Waals surface area contributed by atoms with E-state index in [0.29, 0.717) is 28.5 Å². The number of ether oxygens (including phenoxy) is 3. The zero-order chi connectivity index (χ0) is 19.3. The third-order valence-electron chi connectivity index (χ3n) is 3.78. The highest BCUT2D eigenvalue weighted by Gasteiger charge is 2.17. The topological polar surface area (TPSA) is 103 Å². The Bertz CT molecular complexity index is 775. The maximum atomic E-state index is 12.4. The molecule has 2 rings (SSSR count). The number of carbonyl (C=O) groups is 1. The number of rotatable bonds is 7. The fraction of sp³-hybridized carbons (Fsp3) is 0.278. The Kier molecular flexibility index (Phi) is 6.54. The van der Waals surface area contributed by atoms with Crippen molar-refractivity contribution in [2.45, 2.75) is 6.10 Å².